The minimum absolute atomic E-state index is 0.832. The summed E-state index contributed by atoms with van der Waals surface area (Å²) < 4.78 is 18.9. The Labute approximate surface area is 444 Å². The zero-order valence-corrected chi connectivity index (χ0v) is 42.4. The molecular formula is C70H42N2O2S2. The van der Waals surface area contributed by atoms with E-state index >= 15 is 0 Å². The highest BCUT2D eigenvalue weighted by atomic mass is 32.1. The van der Waals surface area contributed by atoms with Gasteiger partial charge in [0.25, 0.3) is 0 Å². The SMILES string of the molecule is c1ccc(-c2cc3sc4ccccc4c3cc2N(c2ccccc2)c2ccc3c(c2)oc2cc4cc5c(cc4cc23)oc2cc(N(c3ccccc3)c3cc4c(cc3-c3ccccc3)sc3ccccc34)ccc25)cc1. The summed E-state index contributed by atoms with van der Waals surface area (Å²) in [6.45, 7) is 0. The third-order valence-corrected chi connectivity index (χ3v) is 17.4. The van der Waals surface area contributed by atoms with Crippen molar-refractivity contribution in [2.45, 2.75) is 0 Å². The number of nitrogens with zero attached hydrogens (tertiary/aromatic N) is 2. The van der Waals surface area contributed by atoms with Gasteiger partial charge >= 0.3 is 0 Å². The minimum atomic E-state index is 0.832. The number of fused-ring (bicyclic) bond motifs is 13. The molecule has 0 aliphatic heterocycles. The van der Waals surface area contributed by atoms with Gasteiger partial charge in [-0.15, -0.1) is 22.7 Å². The van der Waals surface area contributed by atoms with Crippen LogP contribution in [0.2, 0.25) is 0 Å². The second-order valence-electron chi connectivity index (χ2n) is 19.6. The summed E-state index contributed by atoms with van der Waals surface area (Å²) in [6.07, 6.45) is 0. The minimum Gasteiger partial charge on any atom is -0.456 e. The number of hydrogen-bond acceptors (Lipinski definition) is 6. The molecule has 0 aliphatic rings. The third kappa shape index (κ3) is 6.89. The number of hydrogen-bond donors (Lipinski definition) is 0. The van der Waals surface area contributed by atoms with Crippen molar-refractivity contribution in [2.75, 3.05) is 9.80 Å². The predicted octanol–water partition coefficient (Wildman–Crippen LogP) is 21.6. The molecule has 16 rings (SSSR count). The Morgan fingerprint density at radius 2 is 0.632 bits per heavy atom. The van der Waals surface area contributed by atoms with E-state index in [2.05, 4.69) is 265 Å². The van der Waals surface area contributed by atoms with Crippen LogP contribution < -0.4 is 9.80 Å². The Balaban J connectivity index is 0.824. The summed E-state index contributed by atoms with van der Waals surface area (Å²) in [6, 6.07) is 92.1. The summed E-state index contributed by atoms with van der Waals surface area (Å²) in [5.74, 6) is 0. The lowest BCUT2D eigenvalue weighted by Gasteiger charge is -2.28. The molecule has 0 fully saturated rings. The summed E-state index contributed by atoms with van der Waals surface area (Å²) in [7, 11) is 0. The average Bonchev–Trinajstić information content (AvgIpc) is 4.25. The number of benzene rings is 12. The molecule has 356 valence electrons. The maximum atomic E-state index is 6.89. The van der Waals surface area contributed by atoms with Crippen LogP contribution in [0.3, 0.4) is 0 Å². The topological polar surface area (TPSA) is 32.8 Å². The molecule has 0 amide bonds. The quantitative estimate of drug-likeness (QED) is 0.152. The molecule has 0 unspecified atom stereocenters. The Bertz CT molecular complexity index is 4630. The van der Waals surface area contributed by atoms with Crippen LogP contribution in [-0.4, -0.2) is 0 Å². The largest absolute Gasteiger partial charge is 0.456 e. The zero-order chi connectivity index (χ0) is 49.8. The molecule has 16 aromatic rings. The third-order valence-electron chi connectivity index (χ3n) is 15.2. The van der Waals surface area contributed by atoms with Crippen molar-refractivity contribution >= 4 is 152 Å². The fourth-order valence-corrected chi connectivity index (χ4v) is 13.9. The van der Waals surface area contributed by atoms with E-state index in [1.165, 1.54) is 62.6 Å². The van der Waals surface area contributed by atoms with Crippen molar-refractivity contribution in [2.24, 2.45) is 0 Å². The molecule has 0 N–H and O–H groups in total. The van der Waals surface area contributed by atoms with Crippen LogP contribution in [0.5, 0.6) is 0 Å². The maximum Gasteiger partial charge on any atom is 0.137 e. The molecule has 0 saturated heterocycles. The highest BCUT2D eigenvalue weighted by Crippen LogP contribution is 2.50. The molecule has 12 aromatic carbocycles. The normalized spacial score (nSPS) is 11.9. The van der Waals surface area contributed by atoms with E-state index in [1.54, 1.807) is 0 Å². The fraction of sp³-hybridized carbons (Fsp3) is 0. The summed E-state index contributed by atoms with van der Waals surface area (Å²) in [4.78, 5) is 4.76. The lowest BCUT2D eigenvalue weighted by atomic mass is 9.99. The van der Waals surface area contributed by atoms with Crippen molar-refractivity contribution < 1.29 is 8.83 Å². The van der Waals surface area contributed by atoms with Crippen LogP contribution >= 0.6 is 22.7 Å². The lowest BCUT2D eigenvalue weighted by molar-refractivity contribution is 0.668. The van der Waals surface area contributed by atoms with Gasteiger partial charge < -0.3 is 18.6 Å². The lowest BCUT2D eigenvalue weighted by Crippen LogP contribution is -2.11. The van der Waals surface area contributed by atoms with Crippen molar-refractivity contribution in [1.29, 1.82) is 0 Å². The van der Waals surface area contributed by atoms with Crippen molar-refractivity contribution in [1.82, 2.24) is 0 Å². The molecule has 4 heterocycles. The Morgan fingerprint density at radius 3 is 1.07 bits per heavy atom. The molecular weight excluding hydrogens is 965 g/mol. The van der Waals surface area contributed by atoms with Crippen molar-refractivity contribution in [3.8, 4) is 22.3 Å². The Kier molecular flexibility index (Phi) is 9.64. The van der Waals surface area contributed by atoms with Gasteiger partial charge in [-0.3, -0.25) is 0 Å². The van der Waals surface area contributed by atoms with E-state index in [-0.39, 0.29) is 0 Å². The van der Waals surface area contributed by atoms with Crippen LogP contribution in [0.4, 0.5) is 34.1 Å². The molecule has 4 nitrogen and oxygen atoms in total. The fourth-order valence-electron chi connectivity index (χ4n) is 11.6. The first kappa shape index (κ1) is 43.0. The molecule has 6 heteroatoms. The Hall–Kier alpha value is -9.46. The monoisotopic (exact) mass is 1010 g/mol. The van der Waals surface area contributed by atoms with Crippen LogP contribution in [0.25, 0.3) is 117 Å². The molecule has 0 aliphatic carbocycles. The van der Waals surface area contributed by atoms with Gasteiger partial charge in [0.2, 0.25) is 0 Å². The van der Waals surface area contributed by atoms with Gasteiger partial charge in [-0.05, 0) is 131 Å². The number of thiophene rings is 2. The Morgan fingerprint density at radius 1 is 0.250 bits per heavy atom. The smallest absolute Gasteiger partial charge is 0.137 e. The summed E-state index contributed by atoms with van der Waals surface area (Å²) >= 11 is 3.70. The van der Waals surface area contributed by atoms with Crippen molar-refractivity contribution in [3.63, 3.8) is 0 Å². The second kappa shape index (κ2) is 17.0. The van der Waals surface area contributed by atoms with Crippen molar-refractivity contribution in [3.05, 3.63) is 255 Å². The maximum absolute atomic E-state index is 6.89. The number of para-hydroxylation sites is 2. The second-order valence-corrected chi connectivity index (χ2v) is 21.8. The molecule has 0 bridgehead atoms. The van der Waals surface area contributed by atoms with E-state index in [4.69, 9.17) is 8.83 Å². The predicted molar refractivity (Wildman–Crippen MR) is 325 cm³/mol. The molecule has 0 atom stereocenters. The van der Waals surface area contributed by atoms with Gasteiger partial charge in [-0.1, -0.05) is 133 Å². The molecule has 4 aromatic heterocycles. The first-order chi connectivity index (χ1) is 37.6. The van der Waals surface area contributed by atoms with E-state index in [1.807, 2.05) is 22.7 Å². The average molecular weight is 1010 g/mol. The van der Waals surface area contributed by atoms with Crippen LogP contribution in [0, 0.1) is 0 Å². The van der Waals surface area contributed by atoms with Gasteiger partial charge in [-0.25, -0.2) is 0 Å². The number of anilines is 6. The van der Waals surface area contributed by atoms with Gasteiger partial charge in [0.05, 0.1) is 11.4 Å². The van der Waals surface area contributed by atoms with E-state index in [0.29, 0.717) is 0 Å². The number of furan rings is 2. The van der Waals surface area contributed by atoms with Gasteiger partial charge in [0.1, 0.15) is 22.3 Å². The van der Waals surface area contributed by atoms with Gasteiger partial charge in [-0.2, -0.15) is 0 Å². The van der Waals surface area contributed by atoms with Crippen LogP contribution in [0.15, 0.2) is 264 Å². The van der Waals surface area contributed by atoms with E-state index < -0.39 is 0 Å². The van der Waals surface area contributed by atoms with Gasteiger partial charge in [0, 0.05) is 108 Å². The van der Waals surface area contributed by atoms with Crippen LogP contribution in [0.1, 0.15) is 0 Å². The highest BCUT2D eigenvalue weighted by Gasteiger charge is 2.24. The van der Waals surface area contributed by atoms with Gasteiger partial charge in [0.15, 0.2) is 0 Å². The summed E-state index contributed by atoms with van der Waals surface area (Å²) in [5.41, 5.74) is 14.4. The standard InChI is InChI=1S/C70H42N2O2S2/c1-5-17-43(18-6-1)55-41-69-59(53-25-13-15-27-67(53)75-69)39-61(55)71(47-21-9-3-10-22-47)49-29-31-51-57-33-45-36-64-58(34-46(45)35-63(57)73-65(51)37-49)52-32-30-50(38-66(52)74-64)72(48-23-11-4-12-24-48)62-40-60-54-26-14-16-28-68(54)76-70(60)42-56(62)44-19-7-2-8-20-44/h1-42H. The molecule has 0 radical (unpaired) electrons. The first-order valence-electron chi connectivity index (χ1n) is 25.6. The van der Waals surface area contributed by atoms with E-state index in [9.17, 15) is 0 Å². The first-order valence-corrected chi connectivity index (χ1v) is 27.2. The van der Waals surface area contributed by atoms with E-state index in [0.717, 1.165) is 88.8 Å². The molecule has 0 saturated carbocycles. The molecule has 0 spiro atoms. The highest BCUT2D eigenvalue weighted by molar-refractivity contribution is 7.26. The van der Waals surface area contributed by atoms with Crippen LogP contribution in [-0.2, 0) is 0 Å². The summed E-state index contributed by atoms with van der Waals surface area (Å²) in [5, 5.41) is 11.5. The number of rotatable bonds is 8. The zero-order valence-electron chi connectivity index (χ0n) is 40.8. The molecule has 76 heavy (non-hydrogen) atoms.